The SMILES string of the molecule is N#CC(F)C(=O)c1ccccc1.O=C(Cl)c1ccccc1. The largest absolute Gasteiger partial charge is 0.290 e. The monoisotopic (exact) mass is 303 g/mol. The summed E-state index contributed by atoms with van der Waals surface area (Å²) < 4.78 is 12.5. The van der Waals surface area contributed by atoms with E-state index < -0.39 is 17.2 Å². The highest BCUT2D eigenvalue weighted by molar-refractivity contribution is 6.67. The molecule has 2 aromatic rings. The molecule has 3 nitrogen and oxygen atoms in total. The van der Waals surface area contributed by atoms with Gasteiger partial charge in [0, 0.05) is 11.1 Å². The molecule has 5 heteroatoms. The lowest BCUT2D eigenvalue weighted by Gasteiger charge is -1.97. The lowest BCUT2D eigenvalue weighted by molar-refractivity contribution is 0.0918. The second-order valence-electron chi connectivity index (χ2n) is 3.86. The van der Waals surface area contributed by atoms with E-state index in [-0.39, 0.29) is 5.56 Å². The standard InChI is InChI=1S/C9H6FNO.C7H5ClO/c10-8(6-11)9(12)7-4-2-1-3-5-7;8-7(9)6-4-2-1-3-5-6/h1-5,8H;1-5H. The maximum absolute atomic E-state index is 12.5. The van der Waals surface area contributed by atoms with Crippen LogP contribution in [0.3, 0.4) is 0 Å². The van der Waals surface area contributed by atoms with E-state index in [9.17, 15) is 14.0 Å². The summed E-state index contributed by atoms with van der Waals surface area (Å²) in [6, 6.07) is 17.9. The molecule has 0 aliphatic heterocycles. The molecule has 2 aromatic carbocycles. The molecule has 0 aliphatic carbocycles. The second kappa shape index (κ2) is 8.62. The van der Waals surface area contributed by atoms with Gasteiger partial charge >= 0.3 is 0 Å². The molecule has 0 saturated carbocycles. The number of benzene rings is 2. The van der Waals surface area contributed by atoms with Crippen molar-refractivity contribution >= 4 is 22.6 Å². The van der Waals surface area contributed by atoms with E-state index in [0.717, 1.165) is 0 Å². The van der Waals surface area contributed by atoms with E-state index >= 15 is 0 Å². The van der Waals surface area contributed by atoms with Gasteiger partial charge in [-0.05, 0) is 11.6 Å². The number of nitrogens with zero attached hydrogens (tertiary/aromatic N) is 1. The lowest BCUT2D eigenvalue weighted by atomic mass is 10.1. The summed E-state index contributed by atoms with van der Waals surface area (Å²) >= 11 is 5.16. The van der Waals surface area contributed by atoms with E-state index in [4.69, 9.17) is 16.9 Å². The molecule has 0 amide bonds. The van der Waals surface area contributed by atoms with E-state index in [1.54, 1.807) is 42.5 Å². The van der Waals surface area contributed by atoms with Crippen LogP contribution in [0.25, 0.3) is 0 Å². The van der Waals surface area contributed by atoms with Gasteiger partial charge in [0.05, 0.1) is 0 Å². The fourth-order valence-electron chi connectivity index (χ4n) is 1.38. The number of carbonyl (C=O) groups is 2. The molecule has 0 N–H and O–H groups in total. The number of hydrogen-bond donors (Lipinski definition) is 0. The average Bonchev–Trinajstić information content (AvgIpc) is 2.55. The average molecular weight is 304 g/mol. The predicted molar refractivity (Wildman–Crippen MR) is 77.9 cm³/mol. The summed E-state index contributed by atoms with van der Waals surface area (Å²) in [4.78, 5) is 21.4. The van der Waals surface area contributed by atoms with Crippen molar-refractivity contribution in [3.63, 3.8) is 0 Å². The fourth-order valence-corrected chi connectivity index (χ4v) is 1.50. The summed E-state index contributed by atoms with van der Waals surface area (Å²) in [7, 11) is 0. The van der Waals surface area contributed by atoms with Crippen molar-refractivity contribution < 1.29 is 14.0 Å². The number of Topliss-reactive ketones (excluding diaryl/α,β-unsaturated/α-hetero) is 1. The number of ketones is 1. The zero-order chi connectivity index (χ0) is 15.7. The highest BCUT2D eigenvalue weighted by Gasteiger charge is 2.17. The normalized spacial score (nSPS) is 10.5. The topological polar surface area (TPSA) is 57.9 Å². The Balaban J connectivity index is 0.000000219. The zero-order valence-electron chi connectivity index (χ0n) is 10.9. The lowest BCUT2D eigenvalue weighted by Crippen LogP contribution is -2.12. The van der Waals surface area contributed by atoms with Crippen LogP contribution in [0, 0.1) is 11.3 Å². The van der Waals surface area contributed by atoms with Gasteiger partial charge in [0.2, 0.25) is 12.0 Å². The first-order chi connectivity index (χ1) is 10.1. The third kappa shape index (κ3) is 5.55. The zero-order valence-corrected chi connectivity index (χ0v) is 11.6. The molecule has 0 fully saturated rings. The van der Waals surface area contributed by atoms with Crippen LogP contribution in [0.2, 0.25) is 0 Å². The van der Waals surface area contributed by atoms with E-state index in [1.165, 1.54) is 18.2 Å². The highest BCUT2D eigenvalue weighted by atomic mass is 35.5. The van der Waals surface area contributed by atoms with Crippen LogP contribution in [-0.4, -0.2) is 17.2 Å². The molecule has 0 saturated heterocycles. The Bertz CT molecular complexity index is 638. The van der Waals surface area contributed by atoms with Gasteiger partial charge < -0.3 is 0 Å². The van der Waals surface area contributed by atoms with Crippen LogP contribution in [0.1, 0.15) is 20.7 Å². The van der Waals surface area contributed by atoms with Crippen LogP contribution in [0.5, 0.6) is 0 Å². The quantitative estimate of drug-likeness (QED) is 0.640. The Morgan fingerprint density at radius 3 is 1.71 bits per heavy atom. The van der Waals surface area contributed by atoms with Crippen molar-refractivity contribution in [2.24, 2.45) is 0 Å². The van der Waals surface area contributed by atoms with Crippen LogP contribution in [0.15, 0.2) is 60.7 Å². The van der Waals surface area contributed by atoms with Gasteiger partial charge in [0.15, 0.2) is 0 Å². The minimum atomic E-state index is -2.05. The molecule has 0 radical (unpaired) electrons. The third-order valence-corrected chi connectivity index (χ3v) is 2.62. The number of alkyl halides is 1. The molecule has 106 valence electrons. The van der Waals surface area contributed by atoms with Gasteiger partial charge in [-0.2, -0.15) is 5.26 Å². The van der Waals surface area contributed by atoms with Crippen molar-refractivity contribution in [1.82, 2.24) is 0 Å². The first-order valence-electron chi connectivity index (χ1n) is 5.94. The van der Waals surface area contributed by atoms with Gasteiger partial charge in [0.1, 0.15) is 6.07 Å². The Kier molecular flexibility index (Phi) is 6.79. The van der Waals surface area contributed by atoms with Gasteiger partial charge in [-0.3, -0.25) is 9.59 Å². The minimum absolute atomic E-state index is 0.228. The van der Waals surface area contributed by atoms with E-state index in [2.05, 4.69) is 0 Å². The summed E-state index contributed by atoms with van der Waals surface area (Å²) in [6.45, 7) is 0. The van der Waals surface area contributed by atoms with Crippen LogP contribution in [-0.2, 0) is 0 Å². The van der Waals surface area contributed by atoms with Gasteiger partial charge in [-0.1, -0.05) is 60.7 Å². The summed E-state index contributed by atoms with van der Waals surface area (Å²) in [6.07, 6.45) is -2.05. The molecule has 0 aliphatic rings. The van der Waals surface area contributed by atoms with E-state index in [0.29, 0.717) is 5.56 Å². The van der Waals surface area contributed by atoms with Crippen molar-refractivity contribution in [1.29, 1.82) is 5.26 Å². The van der Waals surface area contributed by atoms with Crippen molar-refractivity contribution in [3.8, 4) is 6.07 Å². The predicted octanol–water partition coefficient (Wildman–Crippen LogP) is 3.80. The number of rotatable bonds is 3. The third-order valence-electron chi connectivity index (χ3n) is 2.40. The number of hydrogen-bond acceptors (Lipinski definition) is 3. The maximum atomic E-state index is 12.5. The number of halogens is 2. The molecule has 1 atom stereocenters. The summed E-state index contributed by atoms with van der Waals surface area (Å²) in [5.74, 6) is -0.780. The van der Waals surface area contributed by atoms with Crippen molar-refractivity contribution in [2.75, 3.05) is 0 Å². The first-order valence-corrected chi connectivity index (χ1v) is 6.32. The Hall–Kier alpha value is -2.51. The molecule has 21 heavy (non-hydrogen) atoms. The Morgan fingerprint density at radius 1 is 0.952 bits per heavy atom. The fraction of sp³-hybridized carbons (Fsp3) is 0.0625. The number of carbonyl (C=O) groups excluding carboxylic acids is 2. The molecule has 0 spiro atoms. The molecule has 2 rings (SSSR count). The van der Waals surface area contributed by atoms with Crippen LogP contribution in [0.4, 0.5) is 4.39 Å². The van der Waals surface area contributed by atoms with Gasteiger partial charge in [-0.15, -0.1) is 0 Å². The first kappa shape index (κ1) is 16.5. The molecule has 0 heterocycles. The van der Waals surface area contributed by atoms with E-state index in [1.807, 2.05) is 6.07 Å². The number of nitriles is 1. The smallest absolute Gasteiger partial charge is 0.252 e. The van der Waals surface area contributed by atoms with Crippen molar-refractivity contribution in [2.45, 2.75) is 6.17 Å². The van der Waals surface area contributed by atoms with Crippen molar-refractivity contribution in [3.05, 3.63) is 71.8 Å². The minimum Gasteiger partial charge on any atom is -0.290 e. The Morgan fingerprint density at radius 2 is 1.38 bits per heavy atom. The molecular weight excluding hydrogens is 293 g/mol. The molecule has 0 bridgehead atoms. The molecular formula is C16H11ClFNO2. The van der Waals surface area contributed by atoms with Crippen LogP contribution >= 0.6 is 11.6 Å². The maximum Gasteiger partial charge on any atom is 0.252 e. The summed E-state index contributed by atoms with van der Waals surface area (Å²) in [5.41, 5.74) is 0.769. The summed E-state index contributed by atoms with van der Waals surface area (Å²) in [5, 5.41) is 7.71. The van der Waals surface area contributed by atoms with Crippen LogP contribution < -0.4 is 0 Å². The second-order valence-corrected chi connectivity index (χ2v) is 4.20. The van der Waals surface area contributed by atoms with Gasteiger partial charge in [0.25, 0.3) is 5.24 Å². The molecule has 1 unspecified atom stereocenters. The van der Waals surface area contributed by atoms with Gasteiger partial charge in [-0.25, -0.2) is 4.39 Å². The molecule has 0 aromatic heterocycles. The highest BCUT2D eigenvalue weighted by Crippen LogP contribution is 2.05. The Labute approximate surface area is 126 Å².